The van der Waals surface area contributed by atoms with Crippen molar-refractivity contribution in [1.29, 1.82) is 0 Å². The predicted octanol–water partition coefficient (Wildman–Crippen LogP) is 1.02. The molecule has 0 bridgehead atoms. The van der Waals surface area contributed by atoms with Crippen LogP contribution in [0.25, 0.3) is 0 Å². The first-order chi connectivity index (χ1) is 9.51. The van der Waals surface area contributed by atoms with Gasteiger partial charge in [-0.05, 0) is 19.4 Å². The molecule has 8 nitrogen and oxygen atoms in total. The largest absolute Gasteiger partial charge is 0.477 e. The Bertz CT molecular complexity index is 665. The van der Waals surface area contributed by atoms with Gasteiger partial charge < -0.3 is 10.4 Å². The maximum Gasteiger partial charge on any atom is 0.353 e. The maximum absolute atomic E-state index is 12.1. The Labute approximate surface area is 114 Å². The van der Waals surface area contributed by atoms with Crippen molar-refractivity contribution < 1.29 is 14.7 Å². The van der Waals surface area contributed by atoms with E-state index < -0.39 is 11.9 Å². The highest BCUT2D eigenvalue weighted by molar-refractivity contribution is 6.05. The summed E-state index contributed by atoms with van der Waals surface area (Å²) >= 11 is 0. The second-order valence-corrected chi connectivity index (χ2v) is 4.13. The number of aromatic nitrogens is 4. The summed E-state index contributed by atoms with van der Waals surface area (Å²) in [6.45, 7) is 3.60. The number of carbonyl (C=O) groups excluding carboxylic acids is 1. The highest BCUT2D eigenvalue weighted by Gasteiger charge is 2.15. The molecule has 8 heteroatoms. The van der Waals surface area contributed by atoms with Crippen molar-refractivity contribution in [2.75, 3.05) is 5.32 Å². The first kappa shape index (κ1) is 13.7. The lowest BCUT2D eigenvalue weighted by Gasteiger charge is -2.06. The van der Waals surface area contributed by atoms with Crippen molar-refractivity contribution in [3.8, 4) is 0 Å². The molecule has 0 saturated heterocycles. The molecule has 1 amide bonds. The molecule has 2 aromatic heterocycles. The molecule has 0 aromatic carbocycles. The van der Waals surface area contributed by atoms with Gasteiger partial charge in [-0.1, -0.05) is 6.92 Å². The Balaban J connectivity index is 2.23. The van der Waals surface area contributed by atoms with Crippen LogP contribution < -0.4 is 5.32 Å². The fraction of sp³-hybridized carbons (Fsp3) is 0.250. The number of carboxylic acid groups (broad SMARTS) is 1. The van der Waals surface area contributed by atoms with Crippen LogP contribution in [0.2, 0.25) is 0 Å². The highest BCUT2D eigenvalue weighted by atomic mass is 16.4. The van der Waals surface area contributed by atoms with Gasteiger partial charge in [0.2, 0.25) is 0 Å². The molecule has 2 heterocycles. The molecule has 0 aliphatic rings. The van der Waals surface area contributed by atoms with Crippen LogP contribution in [0.1, 0.15) is 39.2 Å². The number of nitrogens with zero attached hydrogens (tertiary/aromatic N) is 3. The van der Waals surface area contributed by atoms with Crippen LogP contribution in [0.4, 0.5) is 5.82 Å². The number of nitrogens with one attached hydrogen (secondary N) is 2. The Hall–Kier alpha value is -2.77. The molecule has 0 unspecified atom stereocenters. The van der Waals surface area contributed by atoms with Crippen LogP contribution in [0.3, 0.4) is 0 Å². The lowest BCUT2D eigenvalue weighted by molar-refractivity contribution is 0.0690. The molecule has 2 rings (SSSR count). The molecule has 0 atom stereocenters. The third-order valence-electron chi connectivity index (χ3n) is 2.62. The summed E-state index contributed by atoms with van der Waals surface area (Å²) in [5.41, 5.74) is 1.50. The number of hydrogen-bond donors (Lipinski definition) is 3. The van der Waals surface area contributed by atoms with E-state index in [9.17, 15) is 9.59 Å². The molecule has 0 saturated carbocycles. The average molecular weight is 275 g/mol. The molecule has 0 fully saturated rings. The van der Waals surface area contributed by atoms with Crippen LogP contribution in [0.5, 0.6) is 0 Å². The summed E-state index contributed by atoms with van der Waals surface area (Å²) in [6.07, 6.45) is 0.566. The zero-order valence-electron chi connectivity index (χ0n) is 11.0. The Kier molecular flexibility index (Phi) is 3.74. The lowest BCUT2D eigenvalue weighted by atomic mass is 10.1. The molecular weight excluding hydrogens is 262 g/mol. The van der Waals surface area contributed by atoms with Crippen molar-refractivity contribution in [3.05, 3.63) is 34.8 Å². The van der Waals surface area contributed by atoms with E-state index in [1.807, 2.05) is 6.92 Å². The normalized spacial score (nSPS) is 10.3. The standard InChI is InChI=1S/C12H13N5O3/c1-3-8-7(4-6(2)14-15-8)11(18)13-10-5-9(12(19)20)16-17-10/h4-5H,3H2,1-2H3,(H,19,20)(H2,13,16,17,18). The molecule has 0 radical (unpaired) electrons. The predicted molar refractivity (Wildman–Crippen MR) is 69.6 cm³/mol. The van der Waals surface area contributed by atoms with E-state index in [4.69, 9.17) is 5.11 Å². The van der Waals surface area contributed by atoms with Gasteiger partial charge in [-0.3, -0.25) is 9.89 Å². The van der Waals surface area contributed by atoms with E-state index in [2.05, 4.69) is 25.7 Å². The van der Waals surface area contributed by atoms with Crippen molar-refractivity contribution in [3.63, 3.8) is 0 Å². The van der Waals surface area contributed by atoms with E-state index in [1.54, 1.807) is 13.0 Å². The van der Waals surface area contributed by atoms with Gasteiger partial charge in [-0.25, -0.2) is 4.79 Å². The zero-order chi connectivity index (χ0) is 14.7. The van der Waals surface area contributed by atoms with E-state index in [-0.39, 0.29) is 11.5 Å². The molecule has 3 N–H and O–H groups in total. The quantitative estimate of drug-likeness (QED) is 0.766. The number of H-pyrrole nitrogens is 1. The Morgan fingerprint density at radius 3 is 2.70 bits per heavy atom. The summed E-state index contributed by atoms with van der Waals surface area (Å²) in [4.78, 5) is 22.9. The van der Waals surface area contributed by atoms with Crippen LogP contribution >= 0.6 is 0 Å². The van der Waals surface area contributed by atoms with Gasteiger partial charge in [0.15, 0.2) is 5.82 Å². The second kappa shape index (κ2) is 5.47. The van der Waals surface area contributed by atoms with E-state index >= 15 is 0 Å². The second-order valence-electron chi connectivity index (χ2n) is 4.13. The van der Waals surface area contributed by atoms with Gasteiger partial charge in [0.05, 0.1) is 17.0 Å². The number of anilines is 1. The smallest absolute Gasteiger partial charge is 0.353 e. The fourth-order valence-corrected chi connectivity index (χ4v) is 1.65. The molecule has 0 spiro atoms. The van der Waals surface area contributed by atoms with Gasteiger partial charge in [0.1, 0.15) is 5.69 Å². The van der Waals surface area contributed by atoms with Gasteiger partial charge >= 0.3 is 5.97 Å². The summed E-state index contributed by atoms with van der Waals surface area (Å²) in [7, 11) is 0. The lowest BCUT2D eigenvalue weighted by Crippen LogP contribution is -2.16. The Morgan fingerprint density at radius 1 is 1.35 bits per heavy atom. The number of aryl methyl sites for hydroxylation is 2. The molecular formula is C12H13N5O3. The first-order valence-corrected chi connectivity index (χ1v) is 5.94. The van der Waals surface area contributed by atoms with Gasteiger partial charge in [0.25, 0.3) is 5.91 Å². The minimum atomic E-state index is -1.14. The Morgan fingerprint density at radius 2 is 2.10 bits per heavy atom. The first-order valence-electron chi connectivity index (χ1n) is 5.94. The zero-order valence-corrected chi connectivity index (χ0v) is 11.0. The third kappa shape index (κ3) is 2.79. The summed E-state index contributed by atoms with van der Waals surface area (Å²) in [5, 5.41) is 25.2. The number of carboxylic acids is 1. The minimum Gasteiger partial charge on any atom is -0.477 e. The number of aromatic amines is 1. The van der Waals surface area contributed by atoms with Gasteiger partial charge in [-0.2, -0.15) is 15.3 Å². The van der Waals surface area contributed by atoms with Crippen LogP contribution in [0, 0.1) is 6.92 Å². The topological polar surface area (TPSA) is 121 Å². The fourth-order valence-electron chi connectivity index (χ4n) is 1.65. The van der Waals surface area contributed by atoms with E-state index in [1.165, 1.54) is 6.07 Å². The third-order valence-corrected chi connectivity index (χ3v) is 2.62. The van der Waals surface area contributed by atoms with Crippen molar-refractivity contribution in [2.45, 2.75) is 20.3 Å². The van der Waals surface area contributed by atoms with Crippen LogP contribution in [0.15, 0.2) is 12.1 Å². The minimum absolute atomic E-state index is 0.0972. The summed E-state index contributed by atoms with van der Waals surface area (Å²) < 4.78 is 0. The van der Waals surface area contributed by atoms with Crippen molar-refractivity contribution in [2.24, 2.45) is 0 Å². The molecule has 104 valence electrons. The van der Waals surface area contributed by atoms with Crippen LogP contribution in [-0.4, -0.2) is 37.4 Å². The SMILES string of the molecule is CCc1nnc(C)cc1C(=O)Nc1cc(C(=O)O)[nH]n1. The van der Waals surface area contributed by atoms with Crippen LogP contribution in [-0.2, 0) is 6.42 Å². The maximum atomic E-state index is 12.1. The number of amides is 1. The molecule has 0 aliphatic heterocycles. The number of rotatable bonds is 4. The summed E-state index contributed by atoms with van der Waals surface area (Å²) in [6, 6.07) is 2.87. The molecule has 2 aromatic rings. The van der Waals surface area contributed by atoms with E-state index in [0.29, 0.717) is 23.4 Å². The van der Waals surface area contributed by atoms with Gasteiger partial charge in [0, 0.05) is 6.07 Å². The highest BCUT2D eigenvalue weighted by Crippen LogP contribution is 2.11. The van der Waals surface area contributed by atoms with E-state index in [0.717, 1.165) is 0 Å². The number of aromatic carboxylic acids is 1. The average Bonchev–Trinajstić information content (AvgIpc) is 2.87. The van der Waals surface area contributed by atoms with Crippen molar-refractivity contribution >= 4 is 17.7 Å². The number of carbonyl (C=O) groups is 2. The van der Waals surface area contributed by atoms with Gasteiger partial charge in [-0.15, -0.1) is 0 Å². The summed E-state index contributed by atoms with van der Waals surface area (Å²) in [5.74, 6) is -1.40. The molecule has 20 heavy (non-hydrogen) atoms. The van der Waals surface area contributed by atoms with Crippen molar-refractivity contribution in [1.82, 2.24) is 20.4 Å². The monoisotopic (exact) mass is 275 g/mol. The molecule has 0 aliphatic carbocycles. The number of hydrogen-bond acceptors (Lipinski definition) is 5.